The lowest BCUT2D eigenvalue weighted by molar-refractivity contribution is 0.233. The fourth-order valence-electron chi connectivity index (χ4n) is 12.4. The molecule has 2 nitrogen and oxygen atoms in total. The Balaban J connectivity index is 0.891. The standard InChI is InChI=1S/C61H54N2/c1-60(2)52-27-17-25-47(55(52)50-39-54-49(38-53(50)60)48-24-13-14-26-51(48)61(54)36-15-6-16-37-61)42-32-28-40(29-33-42)41-30-34-46(35-31-41)59-58(45-22-11-5-12-23-45)62-56(43-18-7-3-8-19-43)57(63-59)44-20-9-4-10-21-44/h3-5,7-11,13-14,17-22,24-35,38-39,49,54,57,63H,6,12,15-16,23,36-37H2,1-2H3. The molecule has 63 heavy (non-hydrogen) atoms. The van der Waals surface area contributed by atoms with Crippen LogP contribution in [0.5, 0.6) is 0 Å². The monoisotopic (exact) mass is 814 g/mol. The Morgan fingerprint density at radius 3 is 2.00 bits per heavy atom. The molecule has 3 unspecified atom stereocenters. The minimum Gasteiger partial charge on any atom is -0.370 e. The molecular weight excluding hydrogens is 761 g/mol. The Labute approximate surface area is 373 Å². The smallest absolute Gasteiger partial charge is 0.0947 e. The Bertz CT molecular complexity index is 2950. The lowest BCUT2D eigenvalue weighted by atomic mass is 9.62. The molecule has 308 valence electrons. The molecule has 12 rings (SSSR count). The molecule has 1 fully saturated rings. The highest BCUT2D eigenvalue weighted by molar-refractivity contribution is 6.08. The Morgan fingerprint density at radius 2 is 1.27 bits per heavy atom. The van der Waals surface area contributed by atoms with Crippen molar-refractivity contribution in [2.45, 2.75) is 81.6 Å². The summed E-state index contributed by atoms with van der Waals surface area (Å²) in [6.07, 6.45) is 20.8. The van der Waals surface area contributed by atoms with Gasteiger partial charge in [0.05, 0.1) is 23.1 Å². The molecule has 1 aliphatic heterocycles. The number of hydrogen-bond acceptors (Lipinski definition) is 2. The van der Waals surface area contributed by atoms with Crippen LogP contribution in [0, 0.1) is 5.92 Å². The van der Waals surface area contributed by atoms with Crippen molar-refractivity contribution >= 4 is 17.0 Å². The van der Waals surface area contributed by atoms with Crippen LogP contribution in [0.4, 0.5) is 0 Å². The van der Waals surface area contributed by atoms with E-state index in [0.29, 0.717) is 11.8 Å². The second-order valence-corrected chi connectivity index (χ2v) is 19.3. The number of hydrogen-bond donors (Lipinski definition) is 1. The van der Waals surface area contributed by atoms with E-state index in [1.807, 2.05) is 0 Å². The minimum absolute atomic E-state index is 0.0522. The highest BCUT2D eigenvalue weighted by Gasteiger charge is 2.54. The molecule has 1 heterocycles. The summed E-state index contributed by atoms with van der Waals surface area (Å²) in [6, 6.07) is 56.3. The van der Waals surface area contributed by atoms with Gasteiger partial charge in [0.1, 0.15) is 0 Å². The number of fused-ring (bicyclic) bond motifs is 8. The largest absolute Gasteiger partial charge is 0.370 e. The molecule has 6 aromatic carbocycles. The normalized spacial score (nSPS) is 22.5. The molecule has 0 aromatic heterocycles. The third-order valence-corrected chi connectivity index (χ3v) is 15.5. The Hall–Kier alpha value is -6.51. The van der Waals surface area contributed by atoms with Gasteiger partial charge in [-0.1, -0.05) is 215 Å². The van der Waals surface area contributed by atoms with E-state index in [0.717, 1.165) is 41.1 Å². The molecule has 6 aromatic rings. The highest BCUT2D eigenvalue weighted by Crippen LogP contribution is 2.64. The zero-order chi connectivity index (χ0) is 42.1. The third-order valence-electron chi connectivity index (χ3n) is 15.5. The van der Waals surface area contributed by atoms with Gasteiger partial charge in [-0.25, -0.2) is 4.99 Å². The number of aliphatic imine (C=N–C) groups is 1. The van der Waals surface area contributed by atoms with Crippen molar-refractivity contribution < 1.29 is 0 Å². The molecule has 5 aliphatic carbocycles. The van der Waals surface area contributed by atoms with E-state index in [2.05, 4.69) is 201 Å². The number of nitrogens with one attached hydrogen (secondary N) is 1. The number of allylic oxidation sites excluding steroid dienone is 8. The van der Waals surface area contributed by atoms with Crippen LogP contribution in [0.25, 0.3) is 33.5 Å². The Morgan fingerprint density at radius 1 is 0.603 bits per heavy atom. The molecule has 6 aliphatic rings. The van der Waals surface area contributed by atoms with Gasteiger partial charge in [-0.15, -0.1) is 0 Å². The summed E-state index contributed by atoms with van der Waals surface area (Å²) in [5.41, 5.74) is 22.3. The fraction of sp³-hybridized carbons (Fsp3) is 0.230. The van der Waals surface area contributed by atoms with Crippen LogP contribution in [0.3, 0.4) is 0 Å². The number of nitrogens with zero attached hydrogens (tertiary/aromatic N) is 1. The molecule has 0 amide bonds. The highest BCUT2D eigenvalue weighted by atomic mass is 15.0. The molecule has 0 bridgehead atoms. The average molecular weight is 815 g/mol. The van der Waals surface area contributed by atoms with Gasteiger partial charge in [-0.2, -0.15) is 0 Å². The summed E-state index contributed by atoms with van der Waals surface area (Å²) < 4.78 is 0. The summed E-state index contributed by atoms with van der Waals surface area (Å²) in [5.74, 6) is 0.978. The number of rotatable bonds is 6. The zero-order valence-electron chi connectivity index (χ0n) is 36.4. The van der Waals surface area contributed by atoms with E-state index < -0.39 is 0 Å². The van der Waals surface area contributed by atoms with Crippen LogP contribution in [0.2, 0.25) is 0 Å². The number of benzene rings is 6. The van der Waals surface area contributed by atoms with Crippen LogP contribution in [-0.2, 0) is 10.8 Å². The van der Waals surface area contributed by atoms with Crippen LogP contribution < -0.4 is 5.32 Å². The summed E-state index contributed by atoms with van der Waals surface area (Å²) in [4.78, 5) is 5.54. The zero-order valence-corrected chi connectivity index (χ0v) is 36.4. The van der Waals surface area contributed by atoms with E-state index in [1.54, 1.807) is 11.1 Å². The molecule has 1 spiro atoms. The van der Waals surface area contributed by atoms with Gasteiger partial charge in [0, 0.05) is 16.7 Å². The second kappa shape index (κ2) is 15.1. The molecule has 2 heteroatoms. The van der Waals surface area contributed by atoms with Gasteiger partial charge in [0.2, 0.25) is 0 Å². The van der Waals surface area contributed by atoms with Crippen molar-refractivity contribution in [1.82, 2.24) is 5.32 Å². The first-order valence-electron chi connectivity index (χ1n) is 23.4. The maximum absolute atomic E-state index is 5.54. The maximum Gasteiger partial charge on any atom is 0.0947 e. The van der Waals surface area contributed by atoms with Crippen molar-refractivity contribution in [1.29, 1.82) is 0 Å². The summed E-state index contributed by atoms with van der Waals surface area (Å²) in [6.45, 7) is 4.90. The van der Waals surface area contributed by atoms with Crippen molar-refractivity contribution in [2.75, 3.05) is 0 Å². The average Bonchev–Trinajstić information content (AvgIpc) is 3.74. The van der Waals surface area contributed by atoms with Crippen LogP contribution in [0.1, 0.15) is 110 Å². The summed E-state index contributed by atoms with van der Waals surface area (Å²) in [5, 5.41) is 4.02. The van der Waals surface area contributed by atoms with E-state index in [4.69, 9.17) is 4.99 Å². The quantitative estimate of drug-likeness (QED) is 0.178. The van der Waals surface area contributed by atoms with Gasteiger partial charge in [0.15, 0.2) is 0 Å². The van der Waals surface area contributed by atoms with Gasteiger partial charge >= 0.3 is 0 Å². The second-order valence-electron chi connectivity index (χ2n) is 19.3. The van der Waals surface area contributed by atoms with Gasteiger partial charge in [-0.3, -0.25) is 0 Å². The molecule has 3 atom stereocenters. The van der Waals surface area contributed by atoms with Crippen molar-refractivity contribution in [3.05, 3.63) is 238 Å². The summed E-state index contributed by atoms with van der Waals surface area (Å²) in [7, 11) is 0. The van der Waals surface area contributed by atoms with Gasteiger partial charge < -0.3 is 5.32 Å². The first-order valence-corrected chi connectivity index (χ1v) is 23.4. The van der Waals surface area contributed by atoms with E-state index in [1.165, 1.54) is 87.8 Å². The predicted molar refractivity (Wildman–Crippen MR) is 263 cm³/mol. The van der Waals surface area contributed by atoms with E-state index >= 15 is 0 Å². The maximum atomic E-state index is 5.54. The van der Waals surface area contributed by atoms with Crippen molar-refractivity contribution in [2.24, 2.45) is 10.9 Å². The van der Waals surface area contributed by atoms with Crippen molar-refractivity contribution in [3.63, 3.8) is 0 Å². The molecule has 0 saturated heterocycles. The predicted octanol–water partition coefficient (Wildman–Crippen LogP) is 15.0. The van der Waals surface area contributed by atoms with Crippen LogP contribution >= 0.6 is 0 Å². The first kappa shape index (κ1) is 38.2. The Kier molecular flexibility index (Phi) is 9.15. The summed E-state index contributed by atoms with van der Waals surface area (Å²) >= 11 is 0. The van der Waals surface area contributed by atoms with Crippen molar-refractivity contribution in [3.8, 4) is 22.3 Å². The topological polar surface area (TPSA) is 24.4 Å². The minimum atomic E-state index is -0.0791. The van der Waals surface area contributed by atoms with Gasteiger partial charge in [0.25, 0.3) is 0 Å². The van der Waals surface area contributed by atoms with Gasteiger partial charge in [-0.05, 0) is 110 Å². The first-order chi connectivity index (χ1) is 31.0. The van der Waals surface area contributed by atoms with Crippen LogP contribution in [-0.4, -0.2) is 5.71 Å². The molecule has 1 saturated carbocycles. The van der Waals surface area contributed by atoms with Crippen LogP contribution in [0.15, 0.2) is 204 Å². The SMILES string of the molecule is CC1(C)C2=CC3c4ccccc4C4(CCCCC4)C3C=C2c2c(-c3ccc(-c4ccc(C5=C(C6=CC=CCC6)N=C(c6ccccc6)C(c6ccccc6)N5)cc4)cc3)cccc21. The third kappa shape index (κ3) is 6.16. The van der Waals surface area contributed by atoms with E-state index in [-0.39, 0.29) is 16.9 Å². The fourth-order valence-corrected chi connectivity index (χ4v) is 12.4. The lowest BCUT2D eigenvalue weighted by Crippen LogP contribution is -2.35. The molecular formula is C61H54N2. The lowest BCUT2D eigenvalue weighted by Gasteiger charge is -2.42. The van der Waals surface area contributed by atoms with E-state index in [9.17, 15) is 0 Å². The molecule has 0 radical (unpaired) electrons. The molecule has 1 N–H and O–H groups in total.